The van der Waals surface area contributed by atoms with Crippen LogP contribution in [0.4, 0.5) is 4.39 Å². The number of carbonyl (C=O) groups is 1. The second-order valence-electron chi connectivity index (χ2n) is 5.61. The minimum atomic E-state index is -0.839. The second-order valence-corrected chi connectivity index (χ2v) is 5.61. The molecule has 3 N–H and O–H groups in total. The van der Waals surface area contributed by atoms with Crippen molar-refractivity contribution in [2.75, 3.05) is 0 Å². The predicted octanol–water partition coefficient (Wildman–Crippen LogP) is 1.07. The smallest absolute Gasteiger partial charge is 0.331 e. The Balaban J connectivity index is 2.25. The molecule has 0 atom stereocenters. The number of aromatic nitrogens is 2. The molecule has 0 aliphatic carbocycles. The van der Waals surface area contributed by atoms with Gasteiger partial charge in [-0.1, -0.05) is 25.5 Å². The lowest BCUT2D eigenvalue weighted by molar-refractivity contribution is -0.121. The van der Waals surface area contributed by atoms with Crippen LogP contribution in [0.3, 0.4) is 0 Å². The van der Waals surface area contributed by atoms with Gasteiger partial charge in [0.2, 0.25) is 11.8 Å². The summed E-state index contributed by atoms with van der Waals surface area (Å²) in [5.41, 5.74) is 0.863. The molecule has 2 rings (SSSR count). The topological polar surface area (TPSA) is 117 Å². The van der Waals surface area contributed by atoms with Crippen LogP contribution in [-0.2, 0) is 11.3 Å². The summed E-state index contributed by atoms with van der Waals surface area (Å²) in [5, 5.41) is 13.9. The van der Waals surface area contributed by atoms with Crippen LogP contribution in [-0.4, -0.2) is 26.8 Å². The number of hydrogen-bond acceptors (Lipinski definition) is 5. The summed E-state index contributed by atoms with van der Waals surface area (Å²) in [6, 6.07) is 5.34. The summed E-state index contributed by atoms with van der Waals surface area (Å²) in [7, 11) is 0. The van der Waals surface area contributed by atoms with Crippen molar-refractivity contribution in [3.63, 3.8) is 0 Å². The molecule has 0 unspecified atom stereocenters. The Morgan fingerprint density at radius 3 is 2.69 bits per heavy atom. The molecule has 0 aliphatic heterocycles. The fraction of sp³-hybridized carbons (Fsp3) is 0.294. The van der Waals surface area contributed by atoms with Crippen LogP contribution in [0.25, 0.3) is 0 Å². The first-order chi connectivity index (χ1) is 12.4. The molecule has 0 aliphatic rings. The normalized spacial score (nSPS) is 11.0. The maximum atomic E-state index is 13.0. The van der Waals surface area contributed by atoms with Crippen LogP contribution >= 0.6 is 0 Å². The molecule has 138 valence electrons. The van der Waals surface area contributed by atoms with E-state index in [0.717, 1.165) is 17.2 Å². The van der Waals surface area contributed by atoms with E-state index in [9.17, 15) is 23.9 Å². The summed E-state index contributed by atoms with van der Waals surface area (Å²) >= 11 is 0. The Kier molecular flexibility index (Phi) is 6.42. The quantitative estimate of drug-likeness (QED) is 0.504. The van der Waals surface area contributed by atoms with Crippen LogP contribution < -0.4 is 16.7 Å². The number of carbonyl (C=O) groups excluding carboxylic acids is 1. The van der Waals surface area contributed by atoms with Crippen molar-refractivity contribution in [3.05, 3.63) is 62.0 Å². The molecule has 1 amide bonds. The molecule has 1 heterocycles. The molecule has 8 nitrogen and oxygen atoms in total. The molecule has 0 fully saturated rings. The Morgan fingerprint density at radius 2 is 2.04 bits per heavy atom. The lowest BCUT2D eigenvalue weighted by atomic mass is 10.2. The van der Waals surface area contributed by atoms with Gasteiger partial charge in [0, 0.05) is 6.42 Å². The van der Waals surface area contributed by atoms with Gasteiger partial charge >= 0.3 is 5.69 Å². The molecule has 9 heteroatoms. The lowest BCUT2D eigenvalue weighted by Gasteiger charge is -2.09. The van der Waals surface area contributed by atoms with Gasteiger partial charge in [-0.2, -0.15) is 5.10 Å². The van der Waals surface area contributed by atoms with E-state index in [1.165, 1.54) is 24.3 Å². The average Bonchev–Trinajstić information content (AvgIpc) is 2.61. The first-order valence-corrected chi connectivity index (χ1v) is 8.04. The molecule has 0 saturated heterocycles. The first-order valence-electron chi connectivity index (χ1n) is 8.04. The fourth-order valence-electron chi connectivity index (χ4n) is 2.17. The van der Waals surface area contributed by atoms with Gasteiger partial charge < -0.3 is 5.11 Å². The molecular formula is C17H19FN4O4. The van der Waals surface area contributed by atoms with E-state index in [4.69, 9.17) is 0 Å². The number of nitrogens with one attached hydrogen (secondary N) is 2. The molecule has 0 saturated carbocycles. The highest BCUT2D eigenvalue weighted by atomic mass is 19.1. The van der Waals surface area contributed by atoms with Crippen molar-refractivity contribution in [2.45, 2.75) is 32.7 Å². The number of H-pyrrole nitrogens is 1. The average molecular weight is 362 g/mol. The summed E-state index contributed by atoms with van der Waals surface area (Å²) < 4.78 is 13.9. The molecule has 2 aromatic rings. The van der Waals surface area contributed by atoms with Crippen LogP contribution in [0.15, 0.2) is 39.0 Å². The zero-order valence-electron chi connectivity index (χ0n) is 14.2. The number of rotatable bonds is 7. The number of halogens is 1. The fourth-order valence-corrected chi connectivity index (χ4v) is 2.17. The van der Waals surface area contributed by atoms with Gasteiger partial charge in [0.05, 0.1) is 12.8 Å². The molecule has 0 spiro atoms. The van der Waals surface area contributed by atoms with E-state index in [0.29, 0.717) is 18.4 Å². The van der Waals surface area contributed by atoms with E-state index in [1.807, 2.05) is 6.92 Å². The maximum Gasteiger partial charge on any atom is 0.331 e. The molecule has 1 aromatic heterocycles. The number of aromatic amines is 1. The number of aromatic hydroxyl groups is 1. The third kappa shape index (κ3) is 4.88. The van der Waals surface area contributed by atoms with Crippen LogP contribution in [0.2, 0.25) is 0 Å². The van der Waals surface area contributed by atoms with E-state index >= 15 is 0 Å². The van der Waals surface area contributed by atoms with Gasteiger partial charge in [-0.15, -0.1) is 0 Å². The zero-order chi connectivity index (χ0) is 19.1. The van der Waals surface area contributed by atoms with Gasteiger partial charge in [0.1, 0.15) is 11.4 Å². The number of nitrogens with zero attached hydrogens (tertiary/aromatic N) is 2. The monoisotopic (exact) mass is 362 g/mol. The summed E-state index contributed by atoms with van der Waals surface area (Å²) in [5.74, 6) is -1.35. The van der Waals surface area contributed by atoms with Gasteiger partial charge in [-0.3, -0.25) is 19.1 Å². The number of hydrogen-bond donors (Lipinski definition) is 3. The van der Waals surface area contributed by atoms with E-state index in [2.05, 4.69) is 15.5 Å². The molecule has 26 heavy (non-hydrogen) atoms. The second kappa shape index (κ2) is 8.75. The molecule has 1 aromatic carbocycles. The Bertz CT molecular complexity index is 916. The van der Waals surface area contributed by atoms with Gasteiger partial charge in [0.15, 0.2) is 0 Å². The van der Waals surface area contributed by atoms with Crippen molar-refractivity contribution < 1.29 is 14.3 Å². The van der Waals surface area contributed by atoms with Crippen molar-refractivity contribution in [2.24, 2.45) is 5.10 Å². The lowest BCUT2D eigenvalue weighted by Crippen LogP contribution is -2.32. The maximum absolute atomic E-state index is 13.0. The number of unbranched alkanes of at least 4 members (excludes halogenated alkanes) is 1. The first kappa shape index (κ1) is 19.1. The minimum Gasteiger partial charge on any atom is -0.494 e. The van der Waals surface area contributed by atoms with Gasteiger partial charge in [0.25, 0.3) is 5.56 Å². The summed E-state index contributed by atoms with van der Waals surface area (Å²) in [6.07, 6.45) is 2.82. The van der Waals surface area contributed by atoms with E-state index in [1.54, 1.807) is 0 Å². The highest BCUT2D eigenvalue weighted by molar-refractivity contribution is 5.84. The van der Waals surface area contributed by atoms with Crippen molar-refractivity contribution >= 4 is 12.1 Å². The van der Waals surface area contributed by atoms with Crippen molar-refractivity contribution in [3.8, 4) is 5.88 Å². The molecule has 0 radical (unpaired) electrons. The molecule has 0 bridgehead atoms. The largest absolute Gasteiger partial charge is 0.494 e. The Morgan fingerprint density at radius 1 is 1.35 bits per heavy atom. The summed E-state index contributed by atoms with van der Waals surface area (Å²) in [6.45, 7) is 1.86. The third-order valence-corrected chi connectivity index (χ3v) is 3.60. The Hall–Kier alpha value is -3.23. The number of hydrazone groups is 1. The predicted molar refractivity (Wildman–Crippen MR) is 93.8 cm³/mol. The summed E-state index contributed by atoms with van der Waals surface area (Å²) in [4.78, 5) is 37.4. The van der Waals surface area contributed by atoms with Gasteiger partial charge in [-0.25, -0.2) is 14.6 Å². The highest BCUT2D eigenvalue weighted by Crippen LogP contribution is 2.11. The highest BCUT2D eigenvalue weighted by Gasteiger charge is 2.13. The number of amides is 1. The van der Waals surface area contributed by atoms with Crippen LogP contribution in [0, 0.1) is 5.82 Å². The van der Waals surface area contributed by atoms with E-state index in [-0.39, 0.29) is 18.0 Å². The standard InChI is InChI=1S/C17H19FN4O4/c1-2-3-4-14(23)21-19-9-13-15(24)20-17(26)22(16(13)25)10-11-5-7-12(18)8-6-11/h5-9,25H,2-4,10H2,1H3,(H,21,23)(H,20,24,26)/b19-9-. The number of benzene rings is 1. The zero-order valence-corrected chi connectivity index (χ0v) is 14.2. The van der Waals surface area contributed by atoms with Crippen LogP contribution in [0.5, 0.6) is 5.88 Å². The van der Waals surface area contributed by atoms with Gasteiger partial charge in [-0.05, 0) is 24.1 Å². The van der Waals surface area contributed by atoms with Crippen molar-refractivity contribution in [1.29, 1.82) is 0 Å². The SMILES string of the molecule is CCCCC(=O)N/N=C\c1c(O)n(Cc2ccc(F)cc2)c(=O)[nH]c1=O. The molecular weight excluding hydrogens is 343 g/mol. The minimum absolute atomic E-state index is 0.0780. The van der Waals surface area contributed by atoms with Crippen molar-refractivity contribution in [1.82, 2.24) is 15.0 Å². The third-order valence-electron chi connectivity index (χ3n) is 3.60. The van der Waals surface area contributed by atoms with Crippen LogP contribution in [0.1, 0.15) is 37.3 Å². The van der Waals surface area contributed by atoms with E-state index < -0.39 is 22.9 Å². The Labute approximate surface area is 148 Å².